The lowest BCUT2D eigenvalue weighted by Crippen LogP contribution is -2.46. The van der Waals surface area contributed by atoms with Crippen molar-refractivity contribution in [3.8, 4) is 11.5 Å². The zero-order valence-electron chi connectivity index (χ0n) is 18.8. The number of methoxy groups -OCH3 is 2. The molecule has 0 aromatic heterocycles. The van der Waals surface area contributed by atoms with E-state index in [1.807, 2.05) is 0 Å². The van der Waals surface area contributed by atoms with Crippen molar-refractivity contribution in [2.75, 3.05) is 46.9 Å². The van der Waals surface area contributed by atoms with Crippen molar-refractivity contribution in [1.29, 1.82) is 0 Å². The first-order chi connectivity index (χ1) is 14.9. The normalized spacial score (nSPS) is 19.8. The van der Waals surface area contributed by atoms with Gasteiger partial charge in [0.1, 0.15) is 0 Å². The predicted molar refractivity (Wildman–Crippen MR) is 119 cm³/mol. The molecule has 0 saturated carbocycles. The molecule has 9 heteroatoms. The molecule has 1 atom stereocenters. The number of hydrogen-bond acceptors (Lipinski definition) is 6. The molecule has 2 heterocycles. The van der Waals surface area contributed by atoms with Crippen LogP contribution in [0.1, 0.15) is 39.0 Å². The van der Waals surface area contributed by atoms with E-state index in [1.54, 1.807) is 6.07 Å². The molecule has 0 spiro atoms. The minimum Gasteiger partial charge on any atom is -0.493 e. The van der Waals surface area contributed by atoms with Gasteiger partial charge in [-0.25, -0.2) is 8.42 Å². The average Bonchev–Trinajstić information content (AvgIpc) is 3.33. The van der Waals surface area contributed by atoms with Gasteiger partial charge in [0, 0.05) is 37.7 Å². The Morgan fingerprint density at radius 2 is 1.74 bits per heavy atom. The van der Waals surface area contributed by atoms with Crippen LogP contribution in [0.2, 0.25) is 0 Å². The number of carbonyl (C=O) groups excluding carboxylic acids is 1. The summed E-state index contributed by atoms with van der Waals surface area (Å²) in [6, 6.07) is 4.99. The molecule has 1 aromatic rings. The van der Waals surface area contributed by atoms with E-state index in [-0.39, 0.29) is 16.7 Å². The number of benzene rings is 1. The van der Waals surface area contributed by atoms with Crippen molar-refractivity contribution in [3.05, 3.63) is 18.2 Å². The van der Waals surface area contributed by atoms with Crippen LogP contribution in [0.25, 0.3) is 0 Å². The van der Waals surface area contributed by atoms with Crippen LogP contribution in [0, 0.1) is 5.92 Å². The Hall–Kier alpha value is -1.84. The van der Waals surface area contributed by atoms with Crippen LogP contribution in [0.5, 0.6) is 11.5 Å². The lowest BCUT2D eigenvalue weighted by Gasteiger charge is -2.32. The van der Waals surface area contributed by atoms with Crippen LogP contribution in [-0.4, -0.2) is 76.5 Å². The van der Waals surface area contributed by atoms with E-state index in [9.17, 15) is 13.2 Å². The molecular weight excluding hydrogens is 418 g/mol. The molecule has 2 aliphatic rings. The Morgan fingerprint density at radius 1 is 1.10 bits per heavy atom. The molecule has 3 rings (SSSR count). The van der Waals surface area contributed by atoms with Gasteiger partial charge >= 0.3 is 0 Å². The van der Waals surface area contributed by atoms with Crippen molar-refractivity contribution < 1.29 is 22.7 Å². The Balaban J connectivity index is 1.55. The van der Waals surface area contributed by atoms with E-state index in [4.69, 9.17) is 9.47 Å². The van der Waals surface area contributed by atoms with E-state index >= 15 is 0 Å². The number of sulfonamides is 1. The highest BCUT2D eigenvalue weighted by molar-refractivity contribution is 7.89. The fourth-order valence-electron chi connectivity index (χ4n) is 4.49. The predicted octanol–water partition coefficient (Wildman–Crippen LogP) is 2.10. The molecule has 174 valence electrons. The van der Waals surface area contributed by atoms with E-state index in [2.05, 4.69) is 17.1 Å². The number of nitrogens with one attached hydrogen (secondary N) is 1. The number of rotatable bonds is 9. The molecule has 1 unspecified atom stereocenters. The largest absolute Gasteiger partial charge is 0.493 e. The first-order valence-corrected chi connectivity index (χ1v) is 12.6. The van der Waals surface area contributed by atoms with Gasteiger partial charge in [0.15, 0.2) is 11.5 Å². The number of amides is 1. The van der Waals surface area contributed by atoms with Crippen LogP contribution >= 0.6 is 0 Å². The lowest BCUT2D eigenvalue weighted by molar-refractivity contribution is -0.126. The number of carbonyl (C=O) groups is 1. The molecule has 0 aliphatic carbocycles. The fourth-order valence-corrected chi connectivity index (χ4v) is 5.97. The van der Waals surface area contributed by atoms with Crippen molar-refractivity contribution in [2.45, 2.75) is 50.0 Å². The lowest BCUT2D eigenvalue weighted by atomic mass is 9.97. The van der Waals surface area contributed by atoms with E-state index in [1.165, 1.54) is 43.5 Å². The number of likely N-dealkylation sites (tertiary alicyclic amines) is 1. The van der Waals surface area contributed by atoms with Crippen LogP contribution < -0.4 is 14.8 Å². The summed E-state index contributed by atoms with van der Waals surface area (Å²) in [4.78, 5) is 15.3. The fraction of sp³-hybridized carbons (Fsp3) is 0.682. The van der Waals surface area contributed by atoms with E-state index < -0.39 is 10.0 Å². The van der Waals surface area contributed by atoms with Crippen LogP contribution in [0.15, 0.2) is 23.1 Å². The zero-order valence-corrected chi connectivity index (χ0v) is 19.6. The molecule has 31 heavy (non-hydrogen) atoms. The summed E-state index contributed by atoms with van der Waals surface area (Å²) in [5.74, 6) is 0.756. The van der Waals surface area contributed by atoms with Gasteiger partial charge in [-0.2, -0.15) is 4.31 Å². The third-order valence-electron chi connectivity index (χ3n) is 6.46. The molecule has 1 amide bonds. The summed E-state index contributed by atoms with van der Waals surface area (Å²) in [5.41, 5.74) is 0. The first kappa shape index (κ1) is 23.8. The SMILES string of the molecule is CCC(CNC(=O)C1CCN(S(=O)(=O)c2ccc(OC)c(OC)c2)CC1)N1CCCC1. The molecule has 1 aromatic carbocycles. The highest BCUT2D eigenvalue weighted by atomic mass is 32.2. The maximum Gasteiger partial charge on any atom is 0.243 e. The highest BCUT2D eigenvalue weighted by Gasteiger charge is 2.33. The second-order valence-electron chi connectivity index (χ2n) is 8.25. The maximum absolute atomic E-state index is 13.1. The zero-order chi connectivity index (χ0) is 22.4. The molecule has 2 fully saturated rings. The smallest absolute Gasteiger partial charge is 0.243 e. The van der Waals surface area contributed by atoms with Crippen LogP contribution in [0.3, 0.4) is 0 Å². The maximum atomic E-state index is 13.1. The second kappa shape index (κ2) is 10.7. The minimum atomic E-state index is -3.65. The minimum absolute atomic E-state index is 0.0424. The summed E-state index contributed by atoms with van der Waals surface area (Å²) in [6.45, 7) is 5.71. The van der Waals surface area contributed by atoms with E-state index in [0.29, 0.717) is 50.0 Å². The topological polar surface area (TPSA) is 88.2 Å². The molecule has 8 nitrogen and oxygen atoms in total. The third-order valence-corrected chi connectivity index (χ3v) is 8.35. The first-order valence-electron chi connectivity index (χ1n) is 11.1. The van der Waals surface area contributed by atoms with Crippen molar-refractivity contribution in [2.24, 2.45) is 5.92 Å². The van der Waals surface area contributed by atoms with Gasteiger partial charge in [0.2, 0.25) is 15.9 Å². The summed E-state index contributed by atoms with van der Waals surface area (Å²) in [5, 5.41) is 3.11. The van der Waals surface area contributed by atoms with E-state index in [0.717, 1.165) is 19.5 Å². The summed E-state index contributed by atoms with van der Waals surface area (Å²) in [7, 11) is -0.663. The number of hydrogen-bond donors (Lipinski definition) is 1. The Morgan fingerprint density at radius 3 is 2.32 bits per heavy atom. The van der Waals surface area contributed by atoms with Gasteiger partial charge < -0.3 is 14.8 Å². The van der Waals surface area contributed by atoms with Gasteiger partial charge in [-0.1, -0.05) is 6.92 Å². The molecular formula is C22H35N3O5S. The number of nitrogens with zero attached hydrogens (tertiary/aromatic N) is 2. The van der Waals surface area contributed by atoms with Crippen molar-refractivity contribution in [3.63, 3.8) is 0 Å². The molecule has 1 N–H and O–H groups in total. The summed E-state index contributed by atoms with van der Waals surface area (Å²) < 4.78 is 38.0. The summed E-state index contributed by atoms with van der Waals surface area (Å²) in [6.07, 6.45) is 4.54. The molecule has 0 radical (unpaired) electrons. The van der Waals surface area contributed by atoms with Gasteiger partial charge in [0.05, 0.1) is 19.1 Å². The number of ether oxygens (including phenoxy) is 2. The van der Waals surface area contributed by atoms with Crippen molar-refractivity contribution >= 4 is 15.9 Å². The van der Waals surface area contributed by atoms with Crippen LogP contribution in [-0.2, 0) is 14.8 Å². The molecule has 0 bridgehead atoms. The van der Waals surface area contributed by atoms with Gasteiger partial charge in [-0.3, -0.25) is 9.69 Å². The molecule has 2 saturated heterocycles. The Labute approximate surface area is 185 Å². The van der Waals surface area contributed by atoms with Gasteiger partial charge in [-0.15, -0.1) is 0 Å². The quantitative estimate of drug-likeness (QED) is 0.616. The second-order valence-corrected chi connectivity index (χ2v) is 10.2. The Kier molecular flexibility index (Phi) is 8.18. The number of piperidine rings is 1. The average molecular weight is 454 g/mol. The van der Waals surface area contributed by atoms with Gasteiger partial charge in [-0.05, 0) is 57.3 Å². The standard InChI is InChI=1S/C22H35N3O5S/c1-4-18(24-11-5-6-12-24)16-23-22(26)17-9-13-25(14-10-17)31(27,28)19-7-8-20(29-2)21(15-19)30-3/h7-8,15,17-18H,4-6,9-14,16H2,1-3H3,(H,23,26). The Bertz CT molecular complexity index is 847. The molecule has 2 aliphatic heterocycles. The third kappa shape index (κ3) is 5.51. The van der Waals surface area contributed by atoms with Crippen LogP contribution in [0.4, 0.5) is 0 Å². The van der Waals surface area contributed by atoms with Crippen molar-refractivity contribution in [1.82, 2.24) is 14.5 Å². The summed E-state index contributed by atoms with van der Waals surface area (Å²) >= 11 is 0. The van der Waals surface area contributed by atoms with Gasteiger partial charge in [0.25, 0.3) is 0 Å². The highest BCUT2D eigenvalue weighted by Crippen LogP contribution is 2.32. The monoisotopic (exact) mass is 453 g/mol.